The summed E-state index contributed by atoms with van der Waals surface area (Å²) in [5, 5.41) is 3.64. The normalized spacial score (nSPS) is 18.1. The second-order valence-electron chi connectivity index (χ2n) is 7.27. The standard InChI is InChI=1S/C21H21ClF2N2O2S/c22-14-1-6-18-17(13-14)21(19(27)25-18)7-9-26(10-8-21)11-12-28-15-2-4-16(5-3-15)29-20(23)24/h1-6,13,20H,7-12H2,(H,25,27). The number of carbonyl (C=O) groups excluding carboxylic acids is 1. The van der Waals surface area contributed by atoms with Gasteiger partial charge in [-0.15, -0.1) is 0 Å². The Morgan fingerprint density at radius 2 is 1.90 bits per heavy atom. The molecule has 0 aliphatic carbocycles. The van der Waals surface area contributed by atoms with Gasteiger partial charge >= 0.3 is 0 Å². The van der Waals surface area contributed by atoms with Crippen molar-refractivity contribution < 1.29 is 18.3 Å². The van der Waals surface area contributed by atoms with Gasteiger partial charge in [0.25, 0.3) is 5.76 Å². The number of fused-ring (bicyclic) bond motifs is 2. The Morgan fingerprint density at radius 1 is 1.17 bits per heavy atom. The van der Waals surface area contributed by atoms with Crippen molar-refractivity contribution in [2.75, 3.05) is 31.6 Å². The molecule has 4 nitrogen and oxygen atoms in total. The Morgan fingerprint density at radius 3 is 2.59 bits per heavy atom. The Labute approximate surface area is 177 Å². The summed E-state index contributed by atoms with van der Waals surface area (Å²) >= 11 is 6.68. The predicted octanol–water partition coefficient (Wildman–Crippen LogP) is 5.02. The van der Waals surface area contributed by atoms with E-state index in [9.17, 15) is 13.6 Å². The topological polar surface area (TPSA) is 41.6 Å². The Hall–Kier alpha value is -1.83. The summed E-state index contributed by atoms with van der Waals surface area (Å²) in [6, 6.07) is 12.3. The number of nitrogens with zero attached hydrogens (tertiary/aromatic N) is 1. The lowest BCUT2D eigenvalue weighted by atomic mass is 9.73. The Balaban J connectivity index is 1.29. The van der Waals surface area contributed by atoms with Gasteiger partial charge in [-0.1, -0.05) is 23.4 Å². The maximum Gasteiger partial charge on any atom is 0.288 e. The fraction of sp³-hybridized carbons (Fsp3) is 0.381. The maximum atomic E-state index is 12.7. The highest BCUT2D eigenvalue weighted by atomic mass is 35.5. The van der Waals surface area contributed by atoms with Gasteiger partial charge in [0, 0.05) is 22.2 Å². The second kappa shape index (κ2) is 8.50. The molecule has 1 fully saturated rings. The molecule has 2 aliphatic heterocycles. The summed E-state index contributed by atoms with van der Waals surface area (Å²) in [5.74, 6) is -1.70. The third-order valence-electron chi connectivity index (χ3n) is 5.61. The van der Waals surface area contributed by atoms with Crippen LogP contribution in [-0.2, 0) is 10.2 Å². The number of nitrogens with one attached hydrogen (secondary N) is 1. The highest BCUT2D eigenvalue weighted by molar-refractivity contribution is 7.99. The number of piperidine rings is 1. The number of ether oxygens (including phenoxy) is 1. The molecule has 0 saturated carbocycles. The SMILES string of the molecule is O=C1Nc2ccc(Cl)cc2C12CCN(CCOc1ccc(SC(F)F)cc1)CC2. The molecule has 0 radical (unpaired) electrons. The van der Waals surface area contributed by atoms with Gasteiger partial charge in [0.15, 0.2) is 0 Å². The molecule has 0 atom stereocenters. The van der Waals surface area contributed by atoms with Crippen LogP contribution < -0.4 is 10.1 Å². The van der Waals surface area contributed by atoms with Crippen molar-refractivity contribution in [1.82, 2.24) is 4.90 Å². The molecule has 0 unspecified atom stereocenters. The van der Waals surface area contributed by atoms with Gasteiger partial charge in [0.1, 0.15) is 12.4 Å². The van der Waals surface area contributed by atoms with E-state index in [0.717, 1.165) is 43.7 Å². The monoisotopic (exact) mass is 438 g/mol. The highest BCUT2D eigenvalue weighted by Crippen LogP contribution is 2.45. The van der Waals surface area contributed by atoms with Crippen LogP contribution in [0.3, 0.4) is 0 Å². The molecule has 2 aliphatic rings. The fourth-order valence-electron chi connectivity index (χ4n) is 4.05. The quantitative estimate of drug-likeness (QED) is 0.643. The van der Waals surface area contributed by atoms with Crippen molar-refractivity contribution in [2.45, 2.75) is 28.9 Å². The lowest BCUT2D eigenvalue weighted by Crippen LogP contribution is -2.47. The van der Waals surface area contributed by atoms with Crippen molar-refractivity contribution in [3.05, 3.63) is 53.1 Å². The van der Waals surface area contributed by atoms with Gasteiger partial charge in [0.2, 0.25) is 5.91 Å². The number of thioether (sulfide) groups is 1. The molecule has 0 bridgehead atoms. The number of benzene rings is 2. The molecule has 29 heavy (non-hydrogen) atoms. The zero-order valence-corrected chi connectivity index (χ0v) is 17.2. The van der Waals surface area contributed by atoms with Crippen LogP contribution in [0.2, 0.25) is 5.02 Å². The van der Waals surface area contributed by atoms with Crippen LogP contribution in [0, 0.1) is 0 Å². The molecular formula is C21H21ClF2N2O2S. The zero-order valence-electron chi connectivity index (χ0n) is 15.7. The Kier molecular flexibility index (Phi) is 5.99. The van der Waals surface area contributed by atoms with E-state index in [-0.39, 0.29) is 5.91 Å². The van der Waals surface area contributed by atoms with E-state index in [4.69, 9.17) is 16.3 Å². The average Bonchev–Trinajstić information content (AvgIpc) is 2.96. The van der Waals surface area contributed by atoms with Crippen LogP contribution >= 0.6 is 23.4 Å². The smallest absolute Gasteiger partial charge is 0.288 e. The first kappa shape index (κ1) is 20.4. The summed E-state index contributed by atoms with van der Waals surface area (Å²) in [6.07, 6.45) is 1.48. The van der Waals surface area contributed by atoms with Crippen LogP contribution in [-0.4, -0.2) is 42.8 Å². The number of amides is 1. The summed E-state index contributed by atoms with van der Waals surface area (Å²) < 4.78 is 30.5. The molecule has 154 valence electrons. The number of carbonyl (C=O) groups is 1. The molecule has 2 aromatic carbocycles. The van der Waals surface area contributed by atoms with E-state index in [1.165, 1.54) is 0 Å². The van der Waals surface area contributed by atoms with Gasteiger partial charge in [-0.25, -0.2) is 0 Å². The van der Waals surface area contributed by atoms with E-state index in [2.05, 4.69) is 10.2 Å². The minimum absolute atomic E-state index is 0.0624. The first-order valence-corrected chi connectivity index (χ1v) is 10.7. The van der Waals surface area contributed by atoms with Crippen molar-refractivity contribution in [3.8, 4) is 5.75 Å². The molecule has 0 aromatic heterocycles. The van der Waals surface area contributed by atoms with Crippen LogP contribution in [0.5, 0.6) is 5.75 Å². The van der Waals surface area contributed by atoms with E-state index < -0.39 is 11.2 Å². The number of alkyl halides is 2. The summed E-state index contributed by atoms with van der Waals surface area (Å²) in [7, 11) is 0. The maximum absolute atomic E-state index is 12.7. The first-order chi connectivity index (χ1) is 14.0. The molecule has 2 aromatic rings. The van der Waals surface area contributed by atoms with Crippen LogP contribution in [0.1, 0.15) is 18.4 Å². The van der Waals surface area contributed by atoms with Gasteiger partial charge < -0.3 is 10.1 Å². The highest BCUT2D eigenvalue weighted by Gasteiger charge is 2.48. The molecule has 2 heterocycles. The van der Waals surface area contributed by atoms with E-state index in [1.54, 1.807) is 30.3 Å². The second-order valence-corrected chi connectivity index (χ2v) is 8.77. The number of rotatable bonds is 6. The minimum atomic E-state index is -2.42. The van der Waals surface area contributed by atoms with E-state index in [0.29, 0.717) is 34.0 Å². The molecule has 1 spiro atoms. The largest absolute Gasteiger partial charge is 0.492 e. The van der Waals surface area contributed by atoms with Crippen molar-refractivity contribution >= 4 is 35.0 Å². The van der Waals surface area contributed by atoms with E-state index >= 15 is 0 Å². The lowest BCUT2D eigenvalue weighted by Gasteiger charge is -2.37. The summed E-state index contributed by atoms with van der Waals surface area (Å²) in [5.41, 5.74) is 1.38. The Bertz CT molecular complexity index is 887. The van der Waals surface area contributed by atoms with Crippen molar-refractivity contribution in [1.29, 1.82) is 0 Å². The molecule has 8 heteroatoms. The van der Waals surface area contributed by atoms with E-state index in [1.807, 2.05) is 12.1 Å². The van der Waals surface area contributed by atoms with Gasteiger partial charge in [0.05, 0.1) is 5.41 Å². The van der Waals surface area contributed by atoms with Crippen LogP contribution in [0.15, 0.2) is 47.4 Å². The number of likely N-dealkylation sites (tertiary alicyclic amines) is 1. The summed E-state index contributed by atoms with van der Waals surface area (Å²) in [6.45, 7) is 2.84. The molecule has 1 N–H and O–H groups in total. The molecular weight excluding hydrogens is 418 g/mol. The van der Waals surface area contributed by atoms with Crippen LogP contribution in [0.25, 0.3) is 0 Å². The summed E-state index contributed by atoms with van der Waals surface area (Å²) in [4.78, 5) is 15.5. The van der Waals surface area contributed by atoms with Gasteiger partial charge in [-0.2, -0.15) is 8.78 Å². The van der Waals surface area contributed by atoms with Gasteiger partial charge in [-0.05, 0) is 74.0 Å². The predicted molar refractivity (Wildman–Crippen MR) is 111 cm³/mol. The third kappa shape index (κ3) is 4.37. The molecule has 1 saturated heterocycles. The number of halogens is 3. The number of anilines is 1. The zero-order chi connectivity index (χ0) is 20.4. The number of hydrogen-bond acceptors (Lipinski definition) is 4. The van der Waals surface area contributed by atoms with Crippen LogP contribution in [0.4, 0.5) is 14.5 Å². The fourth-order valence-corrected chi connectivity index (χ4v) is 4.72. The molecule has 4 rings (SSSR count). The first-order valence-electron chi connectivity index (χ1n) is 9.48. The van der Waals surface area contributed by atoms with Gasteiger partial charge in [-0.3, -0.25) is 9.69 Å². The number of hydrogen-bond donors (Lipinski definition) is 1. The average molecular weight is 439 g/mol. The molecule has 1 amide bonds. The lowest BCUT2D eigenvalue weighted by molar-refractivity contribution is -0.122. The minimum Gasteiger partial charge on any atom is -0.492 e. The van der Waals surface area contributed by atoms with Crippen molar-refractivity contribution in [3.63, 3.8) is 0 Å². The van der Waals surface area contributed by atoms with Crippen molar-refractivity contribution in [2.24, 2.45) is 0 Å². The third-order valence-corrected chi connectivity index (χ3v) is 6.57.